The van der Waals surface area contributed by atoms with Gasteiger partial charge in [0, 0.05) is 43.0 Å². The van der Waals surface area contributed by atoms with E-state index < -0.39 is 5.60 Å². The second kappa shape index (κ2) is 8.96. The number of carbonyl (C=O) groups excluding carboxylic acids is 1. The lowest BCUT2D eigenvalue weighted by Gasteiger charge is -2.53. The zero-order chi connectivity index (χ0) is 23.9. The highest BCUT2D eigenvalue weighted by atomic mass is 79.9. The molecule has 3 aromatic rings. The first-order valence-corrected chi connectivity index (χ1v) is 12.8. The Labute approximate surface area is 209 Å². The third kappa shape index (κ3) is 4.98. The number of aromatic nitrogens is 3. The quantitative estimate of drug-likeness (QED) is 0.477. The first kappa shape index (κ1) is 23.3. The molecular formula is C26H32BrN5O2. The van der Waals surface area contributed by atoms with Crippen LogP contribution in [0, 0.1) is 5.41 Å². The van der Waals surface area contributed by atoms with E-state index in [2.05, 4.69) is 55.2 Å². The van der Waals surface area contributed by atoms with E-state index in [9.17, 15) is 4.79 Å². The number of amides is 1. The topological polar surface area (TPSA) is 63.0 Å². The minimum atomic E-state index is -0.428. The number of carbonyl (C=O) groups is 1. The van der Waals surface area contributed by atoms with Crippen molar-refractivity contribution in [1.82, 2.24) is 24.4 Å². The van der Waals surface area contributed by atoms with Gasteiger partial charge in [-0.25, -0.2) is 14.3 Å². The molecule has 1 spiro atoms. The molecule has 2 aliphatic heterocycles. The molecule has 1 amide bonds. The predicted octanol–water partition coefficient (Wildman–Crippen LogP) is 5.03. The molecule has 0 saturated carbocycles. The predicted molar refractivity (Wildman–Crippen MR) is 136 cm³/mol. The summed E-state index contributed by atoms with van der Waals surface area (Å²) in [6.45, 7) is 10.7. The van der Waals surface area contributed by atoms with Crippen LogP contribution in [-0.4, -0.2) is 68.8 Å². The standard InChI is InChI=1S/C26H32BrN5O2/c1-25(2,3)34-24(33)31-17-26(18-31)9-12-30(13-10-26)11-8-19-4-6-20(7-5-19)21-14-28-23-22(27)15-29-32(23)16-21/h4-7,14-16H,8-13,17-18H2,1-3H3. The monoisotopic (exact) mass is 525 g/mol. The smallest absolute Gasteiger partial charge is 0.410 e. The number of halogens is 1. The first-order chi connectivity index (χ1) is 16.2. The van der Waals surface area contributed by atoms with Gasteiger partial charge in [-0.2, -0.15) is 5.10 Å². The maximum Gasteiger partial charge on any atom is 0.410 e. The summed E-state index contributed by atoms with van der Waals surface area (Å²) in [4.78, 5) is 21.2. The summed E-state index contributed by atoms with van der Waals surface area (Å²) in [5.74, 6) is 0. The highest BCUT2D eigenvalue weighted by Gasteiger charge is 2.47. The molecule has 2 saturated heterocycles. The Hall–Kier alpha value is -2.45. The Morgan fingerprint density at radius 2 is 1.79 bits per heavy atom. The van der Waals surface area contributed by atoms with Crippen LogP contribution in [0.1, 0.15) is 39.2 Å². The highest BCUT2D eigenvalue weighted by Crippen LogP contribution is 2.41. The Kier molecular flexibility index (Phi) is 6.14. The second-order valence-corrected chi connectivity index (χ2v) is 11.6. The molecular weight excluding hydrogens is 494 g/mol. The van der Waals surface area contributed by atoms with Gasteiger partial charge >= 0.3 is 6.09 Å². The lowest BCUT2D eigenvalue weighted by atomic mass is 9.72. The molecule has 0 aliphatic carbocycles. The Morgan fingerprint density at radius 1 is 1.09 bits per heavy atom. The molecule has 0 bridgehead atoms. The van der Waals surface area contributed by atoms with Gasteiger partial charge < -0.3 is 14.5 Å². The van der Waals surface area contributed by atoms with Gasteiger partial charge in [-0.1, -0.05) is 24.3 Å². The maximum absolute atomic E-state index is 12.2. The molecule has 0 unspecified atom stereocenters. The summed E-state index contributed by atoms with van der Waals surface area (Å²) < 4.78 is 8.20. The average molecular weight is 526 g/mol. The van der Waals surface area contributed by atoms with Crippen LogP contribution in [0.15, 0.2) is 47.3 Å². The van der Waals surface area contributed by atoms with Crippen LogP contribution in [-0.2, 0) is 11.2 Å². The van der Waals surface area contributed by atoms with Gasteiger partial charge in [0.2, 0.25) is 0 Å². The first-order valence-electron chi connectivity index (χ1n) is 12.0. The molecule has 4 heterocycles. The van der Waals surface area contributed by atoms with Crippen LogP contribution in [0.5, 0.6) is 0 Å². The van der Waals surface area contributed by atoms with E-state index in [1.807, 2.05) is 38.1 Å². The fraction of sp³-hybridized carbons (Fsp3) is 0.500. The van der Waals surface area contributed by atoms with E-state index in [4.69, 9.17) is 4.74 Å². The van der Waals surface area contributed by atoms with Crippen molar-refractivity contribution >= 4 is 27.7 Å². The Balaban J connectivity index is 1.09. The zero-order valence-electron chi connectivity index (χ0n) is 20.1. The highest BCUT2D eigenvalue weighted by molar-refractivity contribution is 9.10. The lowest BCUT2D eigenvalue weighted by Crippen LogP contribution is -2.62. The van der Waals surface area contributed by atoms with E-state index in [-0.39, 0.29) is 6.09 Å². The van der Waals surface area contributed by atoms with Crippen molar-refractivity contribution in [2.75, 3.05) is 32.7 Å². The summed E-state index contributed by atoms with van der Waals surface area (Å²) in [6.07, 6.45) is 8.85. The molecule has 1 aromatic carbocycles. The van der Waals surface area contributed by atoms with E-state index >= 15 is 0 Å². The molecule has 2 aliphatic rings. The molecule has 0 radical (unpaired) electrons. The number of ether oxygens (including phenoxy) is 1. The van der Waals surface area contributed by atoms with Crippen LogP contribution in [0.25, 0.3) is 16.8 Å². The normalized spacial score (nSPS) is 18.3. The van der Waals surface area contributed by atoms with Gasteiger partial charge in [0.05, 0.1) is 10.7 Å². The molecule has 2 fully saturated rings. The van der Waals surface area contributed by atoms with Crippen LogP contribution >= 0.6 is 15.9 Å². The Morgan fingerprint density at radius 3 is 2.47 bits per heavy atom. The minimum absolute atomic E-state index is 0.169. The van der Waals surface area contributed by atoms with Gasteiger partial charge in [-0.05, 0) is 80.2 Å². The second-order valence-electron chi connectivity index (χ2n) is 10.7. The summed E-state index contributed by atoms with van der Waals surface area (Å²) in [7, 11) is 0. The molecule has 180 valence electrons. The number of nitrogens with zero attached hydrogens (tertiary/aromatic N) is 5. The molecule has 2 aromatic heterocycles. The number of benzene rings is 1. The van der Waals surface area contributed by atoms with Crippen molar-refractivity contribution < 1.29 is 9.53 Å². The molecule has 34 heavy (non-hydrogen) atoms. The van der Waals surface area contributed by atoms with Gasteiger partial charge in [-0.15, -0.1) is 0 Å². The molecule has 8 heteroatoms. The lowest BCUT2D eigenvalue weighted by molar-refractivity contribution is -0.0590. The molecule has 7 nitrogen and oxygen atoms in total. The van der Waals surface area contributed by atoms with Crippen LogP contribution in [0.4, 0.5) is 4.79 Å². The SMILES string of the molecule is CC(C)(C)OC(=O)N1CC2(CCN(CCc3ccc(-c4cnc5c(Br)cnn5c4)cc3)CC2)C1. The minimum Gasteiger partial charge on any atom is -0.444 e. The summed E-state index contributed by atoms with van der Waals surface area (Å²) in [6, 6.07) is 8.77. The van der Waals surface area contributed by atoms with Crippen molar-refractivity contribution in [1.29, 1.82) is 0 Å². The molecule has 0 atom stereocenters. The largest absolute Gasteiger partial charge is 0.444 e. The summed E-state index contributed by atoms with van der Waals surface area (Å²) in [5, 5.41) is 4.33. The molecule has 0 N–H and O–H groups in total. The maximum atomic E-state index is 12.2. The summed E-state index contributed by atoms with van der Waals surface area (Å²) in [5.41, 5.74) is 4.24. The van der Waals surface area contributed by atoms with E-state index in [0.29, 0.717) is 5.41 Å². The third-order valence-corrected chi connectivity index (χ3v) is 7.50. The van der Waals surface area contributed by atoms with Gasteiger partial charge in [0.25, 0.3) is 0 Å². The number of hydrogen-bond donors (Lipinski definition) is 0. The van der Waals surface area contributed by atoms with Crippen LogP contribution < -0.4 is 0 Å². The zero-order valence-corrected chi connectivity index (χ0v) is 21.7. The number of fused-ring (bicyclic) bond motifs is 1. The van der Waals surface area contributed by atoms with Crippen molar-refractivity contribution in [3.05, 3.63) is 52.9 Å². The number of hydrogen-bond acceptors (Lipinski definition) is 5. The molecule has 5 rings (SSSR count). The van der Waals surface area contributed by atoms with Crippen LogP contribution in [0.2, 0.25) is 0 Å². The number of piperidine rings is 1. The average Bonchev–Trinajstić information content (AvgIpc) is 3.16. The van der Waals surface area contributed by atoms with Crippen LogP contribution in [0.3, 0.4) is 0 Å². The Bertz CT molecular complexity index is 1170. The van der Waals surface area contributed by atoms with Gasteiger partial charge in [-0.3, -0.25) is 0 Å². The van der Waals surface area contributed by atoms with E-state index in [0.717, 1.165) is 73.2 Å². The number of likely N-dealkylation sites (tertiary alicyclic amines) is 2. The van der Waals surface area contributed by atoms with Crippen molar-refractivity contribution in [2.45, 2.75) is 45.6 Å². The van der Waals surface area contributed by atoms with Crippen molar-refractivity contribution in [3.63, 3.8) is 0 Å². The van der Waals surface area contributed by atoms with Gasteiger partial charge in [0.1, 0.15) is 5.60 Å². The summed E-state index contributed by atoms with van der Waals surface area (Å²) >= 11 is 3.47. The third-order valence-electron chi connectivity index (χ3n) is 6.94. The van der Waals surface area contributed by atoms with Crippen molar-refractivity contribution in [2.24, 2.45) is 5.41 Å². The fourth-order valence-electron chi connectivity index (χ4n) is 4.93. The van der Waals surface area contributed by atoms with E-state index in [1.54, 1.807) is 10.7 Å². The van der Waals surface area contributed by atoms with Crippen molar-refractivity contribution in [3.8, 4) is 11.1 Å². The van der Waals surface area contributed by atoms with E-state index in [1.165, 1.54) is 5.56 Å². The fourth-order valence-corrected chi connectivity index (χ4v) is 5.31. The van der Waals surface area contributed by atoms with Gasteiger partial charge in [0.15, 0.2) is 5.65 Å². The number of rotatable bonds is 4.